The summed E-state index contributed by atoms with van der Waals surface area (Å²) in [5, 5.41) is 3.30. The topological polar surface area (TPSA) is 39.7 Å². The standard InChI is InChI=1S/C13H31NO3Si/c1-13(2,3)18(5,6)17-12-11-16-10-9-15-8-7-14-4/h14H,7-12H2,1-6H3. The van der Waals surface area contributed by atoms with Gasteiger partial charge in [0, 0.05) is 6.54 Å². The van der Waals surface area contributed by atoms with Gasteiger partial charge in [0.15, 0.2) is 8.32 Å². The molecule has 110 valence electrons. The van der Waals surface area contributed by atoms with Crippen LogP contribution in [0.4, 0.5) is 0 Å². The quantitative estimate of drug-likeness (QED) is 0.491. The number of ether oxygens (including phenoxy) is 2. The van der Waals surface area contributed by atoms with Gasteiger partial charge in [0.05, 0.1) is 33.0 Å². The Hall–Kier alpha value is 0.0569. The van der Waals surface area contributed by atoms with Gasteiger partial charge in [-0.15, -0.1) is 0 Å². The average Bonchev–Trinajstić information content (AvgIpc) is 2.25. The highest BCUT2D eigenvalue weighted by Gasteiger charge is 2.36. The molecule has 0 aromatic rings. The summed E-state index contributed by atoms with van der Waals surface area (Å²) in [6, 6.07) is 0. The summed E-state index contributed by atoms with van der Waals surface area (Å²) >= 11 is 0. The molecule has 0 saturated carbocycles. The highest BCUT2D eigenvalue weighted by Crippen LogP contribution is 2.36. The van der Waals surface area contributed by atoms with E-state index in [0.717, 1.165) is 13.2 Å². The first-order valence-electron chi connectivity index (χ1n) is 6.75. The van der Waals surface area contributed by atoms with E-state index in [1.165, 1.54) is 0 Å². The first-order valence-corrected chi connectivity index (χ1v) is 9.66. The van der Waals surface area contributed by atoms with Gasteiger partial charge < -0.3 is 19.2 Å². The number of hydrogen-bond acceptors (Lipinski definition) is 4. The first-order chi connectivity index (χ1) is 8.31. The van der Waals surface area contributed by atoms with Crippen LogP contribution in [0.3, 0.4) is 0 Å². The van der Waals surface area contributed by atoms with E-state index in [1.807, 2.05) is 7.05 Å². The molecule has 0 aromatic carbocycles. The number of rotatable bonds is 10. The molecule has 18 heavy (non-hydrogen) atoms. The molecule has 5 heteroatoms. The van der Waals surface area contributed by atoms with E-state index in [0.29, 0.717) is 26.4 Å². The lowest BCUT2D eigenvalue weighted by atomic mass is 10.2. The van der Waals surface area contributed by atoms with E-state index in [1.54, 1.807) is 0 Å². The molecule has 0 aliphatic carbocycles. The Morgan fingerprint density at radius 1 is 0.889 bits per heavy atom. The van der Waals surface area contributed by atoms with E-state index >= 15 is 0 Å². The molecule has 0 heterocycles. The fourth-order valence-electron chi connectivity index (χ4n) is 1.07. The maximum Gasteiger partial charge on any atom is 0.192 e. The molecule has 0 bridgehead atoms. The van der Waals surface area contributed by atoms with Crippen LogP contribution in [0.1, 0.15) is 20.8 Å². The zero-order valence-corrected chi connectivity index (χ0v) is 14.0. The molecule has 0 aliphatic heterocycles. The fourth-order valence-corrected chi connectivity index (χ4v) is 2.10. The maximum atomic E-state index is 6.00. The van der Waals surface area contributed by atoms with E-state index in [2.05, 4.69) is 39.2 Å². The lowest BCUT2D eigenvalue weighted by Gasteiger charge is -2.36. The fraction of sp³-hybridized carbons (Fsp3) is 1.00. The zero-order valence-electron chi connectivity index (χ0n) is 13.0. The second kappa shape index (κ2) is 9.04. The number of likely N-dealkylation sites (N-methyl/N-ethyl adjacent to an activating group) is 1. The van der Waals surface area contributed by atoms with Gasteiger partial charge in [-0.2, -0.15) is 0 Å². The summed E-state index contributed by atoms with van der Waals surface area (Å²) in [5.74, 6) is 0. The molecule has 0 amide bonds. The van der Waals surface area contributed by atoms with Crippen molar-refractivity contribution in [3.8, 4) is 0 Å². The smallest absolute Gasteiger partial charge is 0.192 e. The Morgan fingerprint density at radius 2 is 1.39 bits per heavy atom. The number of nitrogens with one attached hydrogen (secondary N) is 1. The van der Waals surface area contributed by atoms with Crippen LogP contribution in [0, 0.1) is 0 Å². The van der Waals surface area contributed by atoms with Gasteiger partial charge >= 0.3 is 0 Å². The van der Waals surface area contributed by atoms with Crippen molar-refractivity contribution in [3.05, 3.63) is 0 Å². The van der Waals surface area contributed by atoms with Crippen molar-refractivity contribution in [1.29, 1.82) is 0 Å². The maximum absolute atomic E-state index is 6.00. The van der Waals surface area contributed by atoms with Gasteiger partial charge in [-0.3, -0.25) is 0 Å². The minimum atomic E-state index is -1.61. The highest BCUT2D eigenvalue weighted by atomic mass is 28.4. The van der Waals surface area contributed by atoms with Crippen molar-refractivity contribution < 1.29 is 13.9 Å². The van der Waals surface area contributed by atoms with E-state index in [9.17, 15) is 0 Å². The first kappa shape index (κ1) is 18.1. The largest absolute Gasteiger partial charge is 0.414 e. The average molecular weight is 277 g/mol. The highest BCUT2D eigenvalue weighted by molar-refractivity contribution is 6.74. The van der Waals surface area contributed by atoms with Crippen molar-refractivity contribution >= 4 is 8.32 Å². The van der Waals surface area contributed by atoms with Gasteiger partial charge in [-0.25, -0.2) is 0 Å². The van der Waals surface area contributed by atoms with Crippen molar-refractivity contribution in [3.63, 3.8) is 0 Å². The molecule has 0 unspecified atom stereocenters. The normalized spacial score (nSPS) is 13.0. The molecule has 0 aromatic heterocycles. The van der Waals surface area contributed by atoms with Crippen LogP contribution in [-0.4, -0.2) is 54.9 Å². The monoisotopic (exact) mass is 277 g/mol. The third-order valence-electron chi connectivity index (χ3n) is 3.37. The Labute approximate surface area is 114 Å². The second-order valence-corrected chi connectivity index (χ2v) is 10.7. The summed E-state index contributed by atoms with van der Waals surface area (Å²) in [4.78, 5) is 0. The summed E-state index contributed by atoms with van der Waals surface area (Å²) in [7, 11) is 0.304. The summed E-state index contributed by atoms with van der Waals surface area (Å²) < 4.78 is 16.8. The van der Waals surface area contributed by atoms with Crippen LogP contribution in [-0.2, 0) is 13.9 Å². The molecule has 0 rings (SSSR count). The molecule has 0 radical (unpaired) electrons. The van der Waals surface area contributed by atoms with Crippen LogP contribution in [0.5, 0.6) is 0 Å². The van der Waals surface area contributed by atoms with Crippen LogP contribution in [0.25, 0.3) is 0 Å². The Balaban J connectivity index is 3.41. The molecule has 4 nitrogen and oxygen atoms in total. The van der Waals surface area contributed by atoms with E-state index < -0.39 is 8.32 Å². The van der Waals surface area contributed by atoms with Gasteiger partial charge in [0.2, 0.25) is 0 Å². The molecular formula is C13H31NO3Si. The Morgan fingerprint density at radius 3 is 1.89 bits per heavy atom. The third kappa shape index (κ3) is 8.21. The predicted octanol–water partition coefficient (Wildman–Crippen LogP) is 2.26. The molecule has 1 N–H and O–H groups in total. The SMILES string of the molecule is CNCCOCCOCCO[Si](C)(C)C(C)(C)C. The Bertz CT molecular complexity index is 205. The molecule has 0 aliphatic rings. The molecule has 0 atom stereocenters. The number of hydrogen-bond donors (Lipinski definition) is 1. The van der Waals surface area contributed by atoms with Crippen molar-refractivity contribution in [2.24, 2.45) is 0 Å². The molecular weight excluding hydrogens is 246 g/mol. The van der Waals surface area contributed by atoms with E-state index in [-0.39, 0.29) is 5.04 Å². The van der Waals surface area contributed by atoms with Gasteiger partial charge in [0.25, 0.3) is 0 Å². The predicted molar refractivity (Wildman–Crippen MR) is 78.7 cm³/mol. The van der Waals surface area contributed by atoms with E-state index in [4.69, 9.17) is 13.9 Å². The van der Waals surface area contributed by atoms with Crippen LogP contribution in [0.2, 0.25) is 18.1 Å². The third-order valence-corrected chi connectivity index (χ3v) is 7.90. The summed E-state index contributed by atoms with van der Waals surface area (Å²) in [5.41, 5.74) is 0. The lowest BCUT2D eigenvalue weighted by Crippen LogP contribution is -2.41. The molecule has 0 spiro atoms. The van der Waals surface area contributed by atoms with Gasteiger partial charge in [-0.1, -0.05) is 20.8 Å². The van der Waals surface area contributed by atoms with Crippen molar-refractivity contribution in [2.45, 2.75) is 38.9 Å². The second-order valence-electron chi connectivity index (χ2n) is 5.94. The molecule has 0 fully saturated rings. The minimum Gasteiger partial charge on any atom is -0.414 e. The van der Waals surface area contributed by atoms with Crippen molar-refractivity contribution in [1.82, 2.24) is 5.32 Å². The van der Waals surface area contributed by atoms with Crippen LogP contribution >= 0.6 is 0 Å². The van der Waals surface area contributed by atoms with Gasteiger partial charge in [0.1, 0.15) is 0 Å². The summed E-state index contributed by atoms with van der Waals surface area (Å²) in [6.07, 6.45) is 0. The Kier molecular flexibility index (Phi) is 9.07. The lowest BCUT2D eigenvalue weighted by molar-refractivity contribution is 0.0359. The minimum absolute atomic E-state index is 0.267. The van der Waals surface area contributed by atoms with Crippen LogP contribution in [0.15, 0.2) is 0 Å². The van der Waals surface area contributed by atoms with Gasteiger partial charge in [-0.05, 0) is 25.2 Å². The molecule has 0 saturated heterocycles. The summed E-state index contributed by atoms with van der Waals surface area (Å²) in [6.45, 7) is 15.5. The van der Waals surface area contributed by atoms with Crippen LogP contribution < -0.4 is 5.32 Å². The zero-order chi connectivity index (χ0) is 14.1. The van der Waals surface area contributed by atoms with Crippen molar-refractivity contribution in [2.75, 3.05) is 46.6 Å².